The number of carbonyl (C=O) groups is 4. The Hall–Kier alpha value is -2.77. The molecule has 19 nitrogen and oxygen atoms in total. The van der Waals surface area contributed by atoms with Crippen molar-refractivity contribution in [1.29, 1.82) is 0 Å². The zero-order chi connectivity index (χ0) is 27.5. The first-order valence-corrected chi connectivity index (χ1v) is 13.8. The van der Waals surface area contributed by atoms with Gasteiger partial charge in [-0.15, -0.1) is 4.89 Å². The molecule has 0 aliphatic heterocycles. The van der Waals surface area contributed by atoms with E-state index in [0.29, 0.717) is 0 Å². The number of hydrogen-bond donors (Lipinski definition) is 6. The first-order valence-electron chi connectivity index (χ1n) is 9.97. The molecule has 0 saturated heterocycles. The van der Waals surface area contributed by atoms with Crippen LogP contribution in [0.5, 0.6) is 0 Å². The second-order valence-electron chi connectivity index (χ2n) is 6.06. The van der Waals surface area contributed by atoms with Gasteiger partial charge in [0, 0.05) is 42.7 Å². The average molecular weight is 563 g/mol. The summed E-state index contributed by atoms with van der Waals surface area (Å²) in [6.07, 6.45) is -2.06. The Kier molecular flexibility index (Phi) is 17.1. The van der Waals surface area contributed by atoms with E-state index in [9.17, 15) is 19.2 Å². The van der Waals surface area contributed by atoms with Crippen LogP contribution < -0.4 is 31.9 Å². The lowest BCUT2D eigenvalue weighted by Crippen LogP contribution is -2.55. The van der Waals surface area contributed by atoms with Crippen LogP contribution in [0.1, 0.15) is 0 Å². The van der Waals surface area contributed by atoms with Gasteiger partial charge in [-0.3, -0.25) is 4.89 Å². The van der Waals surface area contributed by atoms with Crippen LogP contribution in [-0.2, 0) is 41.1 Å². The molecule has 6 N–H and O–H groups in total. The number of alkyl carbamates (subject to hydrolysis) is 1. The van der Waals surface area contributed by atoms with Crippen molar-refractivity contribution in [3.05, 3.63) is 0 Å². The SMILES string of the molecule is CO[Si](CNC(=O)NCNC(=O)OCOOC(=O)NCNC(=O)NC[Si](OC)(OC)OC)(OC)OC. The molecule has 0 aromatic heterocycles. The normalized spacial score (nSPS) is 11.2. The van der Waals surface area contributed by atoms with E-state index in [-0.39, 0.29) is 25.7 Å². The fourth-order valence-corrected chi connectivity index (χ4v) is 4.68. The highest BCUT2D eigenvalue weighted by Crippen LogP contribution is 2.04. The maximum Gasteiger partial charge on any atom is 0.520 e. The number of rotatable bonds is 17. The van der Waals surface area contributed by atoms with E-state index >= 15 is 0 Å². The van der Waals surface area contributed by atoms with Crippen molar-refractivity contribution in [1.82, 2.24) is 31.9 Å². The average Bonchev–Trinajstić information content (AvgIpc) is 2.89. The molecule has 0 aromatic carbocycles. The monoisotopic (exact) mass is 562 g/mol. The van der Waals surface area contributed by atoms with Crippen LogP contribution in [0.2, 0.25) is 0 Å². The molecule has 0 heterocycles. The van der Waals surface area contributed by atoms with Crippen molar-refractivity contribution in [3.8, 4) is 0 Å². The van der Waals surface area contributed by atoms with Crippen molar-refractivity contribution in [3.63, 3.8) is 0 Å². The van der Waals surface area contributed by atoms with Gasteiger partial charge >= 0.3 is 41.9 Å². The number of ether oxygens (including phenoxy) is 1. The summed E-state index contributed by atoms with van der Waals surface area (Å²) in [5.41, 5.74) is 0. The van der Waals surface area contributed by atoms with Crippen molar-refractivity contribution in [2.45, 2.75) is 0 Å². The van der Waals surface area contributed by atoms with Crippen molar-refractivity contribution < 1.29 is 60.2 Å². The minimum Gasteiger partial charge on any atom is -0.418 e. The third-order valence-electron chi connectivity index (χ3n) is 4.13. The van der Waals surface area contributed by atoms with Gasteiger partial charge in [0.1, 0.15) is 0 Å². The molecule has 0 rings (SSSR count). The topological polar surface area (TPSA) is 224 Å². The van der Waals surface area contributed by atoms with Gasteiger partial charge in [0.2, 0.25) is 6.79 Å². The molecule has 210 valence electrons. The Morgan fingerprint density at radius 2 is 0.944 bits per heavy atom. The maximum atomic E-state index is 11.7. The van der Waals surface area contributed by atoms with Crippen molar-refractivity contribution >= 4 is 41.9 Å². The summed E-state index contributed by atoms with van der Waals surface area (Å²) in [7, 11) is 2.37. The molecule has 0 atom stereocenters. The summed E-state index contributed by atoms with van der Waals surface area (Å²) < 4.78 is 35.4. The predicted molar refractivity (Wildman–Crippen MR) is 122 cm³/mol. The highest BCUT2D eigenvalue weighted by molar-refractivity contribution is 6.61. The molecule has 6 amide bonds. The Bertz CT molecular complexity index is 612. The Labute approximate surface area is 209 Å². The second-order valence-corrected chi connectivity index (χ2v) is 11.9. The van der Waals surface area contributed by atoms with Crippen LogP contribution in [0.4, 0.5) is 19.2 Å². The fourth-order valence-electron chi connectivity index (χ4n) is 2.06. The quantitative estimate of drug-likeness (QED) is 0.0360. The molecule has 0 radical (unpaired) electrons. The summed E-state index contributed by atoms with van der Waals surface area (Å²) in [4.78, 5) is 55.0. The molecular formula is C15H34N6O13Si2. The smallest absolute Gasteiger partial charge is 0.418 e. The number of carbonyl (C=O) groups excluding carboxylic acids is 4. The Morgan fingerprint density at radius 3 is 1.33 bits per heavy atom. The third-order valence-corrected chi connectivity index (χ3v) is 9.08. The molecule has 0 saturated carbocycles. The molecule has 36 heavy (non-hydrogen) atoms. The van der Waals surface area contributed by atoms with Crippen molar-refractivity contribution in [2.24, 2.45) is 0 Å². The predicted octanol–water partition coefficient (Wildman–Crippen LogP) is -2.32. The van der Waals surface area contributed by atoms with Crippen molar-refractivity contribution in [2.75, 3.05) is 75.1 Å². The van der Waals surface area contributed by atoms with Crippen LogP contribution >= 0.6 is 0 Å². The second kappa shape index (κ2) is 18.5. The minimum absolute atomic E-state index is 0.00207. The van der Waals surface area contributed by atoms with Crippen LogP contribution in [-0.4, -0.2) is 117 Å². The van der Waals surface area contributed by atoms with Gasteiger partial charge in [0.05, 0.1) is 25.7 Å². The van der Waals surface area contributed by atoms with E-state index in [0.717, 1.165) is 0 Å². The van der Waals surface area contributed by atoms with Crippen LogP contribution in [0.15, 0.2) is 0 Å². The van der Waals surface area contributed by atoms with E-state index in [4.69, 9.17) is 26.6 Å². The minimum atomic E-state index is -2.99. The summed E-state index contributed by atoms with van der Waals surface area (Å²) in [6, 6.07) is -1.27. The molecule has 0 aliphatic rings. The van der Waals surface area contributed by atoms with E-state index in [1.807, 2.05) is 0 Å². The number of amides is 6. The standard InChI is InChI=1S/C15H34N6O13Si2/c1-26-35(27-2,28-3)9-20-12(22)16-7-18-14(24)32-11-33-34-15(25)19-8-17-13(23)21-10-36(29-4,30-5)31-6/h7-11H2,1-6H3,(H,18,24)(H,19,25)(H2,16,20,22)(H2,17,21,23). The molecule has 0 fully saturated rings. The zero-order valence-corrected chi connectivity index (χ0v) is 22.8. The molecule has 21 heteroatoms. The zero-order valence-electron chi connectivity index (χ0n) is 20.8. The Balaban J connectivity index is 3.89. The number of hydrogen-bond acceptors (Lipinski definition) is 13. The Morgan fingerprint density at radius 1 is 0.556 bits per heavy atom. The number of nitrogens with one attached hydrogen (secondary N) is 6. The molecule has 0 aromatic rings. The van der Waals surface area contributed by atoms with E-state index in [1.165, 1.54) is 42.7 Å². The van der Waals surface area contributed by atoms with Gasteiger partial charge in [0.25, 0.3) is 0 Å². The molecule has 0 spiro atoms. The maximum absolute atomic E-state index is 11.7. The lowest BCUT2D eigenvalue weighted by atomic mass is 10.8. The molecule has 0 aliphatic carbocycles. The summed E-state index contributed by atoms with van der Waals surface area (Å²) >= 11 is 0. The van der Waals surface area contributed by atoms with E-state index in [2.05, 4.69) is 46.4 Å². The third kappa shape index (κ3) is 13.4. The summed E-state index contributed by atoms with van der Waals surface area (Å²) in [6.45, 7) is -1.35. The number of urea groups is 2. The van der Waals surface area contributed by atoms with Gasteiger partial charge in [-0.25, -0.2) is 19.2 Å². The van der Waals surface area contributed by atoms with Gasteiger partial charge in [0.15, 0.2) is 0 Å². The lowest BCUT2D eigenvalue weighted by Gasteiger charge is -2.24. The van der Waals surface area contributed by atoms with Crippen LogP contribution in [0.3, 0.4) is 0 Å². The molecule has 0 bridgehead atoms. The van der Waals surface area contributed by atoms with Gasteiger partial charge in [-0.05, 0) is 0 Å². The van der Waals surface area contributed by atoms with Crippen LogP contribution in [0, 0.1) is 0 Å². The largest absolute Gasteiger partial charge is 0.520 e. The lowest BCUT2D eigenvalue weighted by molar-refractivity contribution is -0.278. The molecule has 0 unspecified atom stereocenters. The highest BCUT2D eigenvalue weighted by atomic mass is 28.4. The van der Waals surface area contributed by atoms with E-state index in [1.54, 1.807) is 0 Å². The first-order chi connectivity index (χ1) is 17.1. The highest BCUT2D eigenvalue weighted by Gasteiger charge is 2.39. The summed E-state index contributed by atoms with van der Waals surface area (Å²) in [5.74, 6) is 0. The summed E-state index contributed by atoms with van der Waals surface area (Å²) in [5, 5.41) is 13.9. The van der Waals surface area contributed by atoms with E-state index < -0.39 is 48.7 Å². The first kappa shape index (κ1) is 33.2. The van der Waals surface area contributed by atoms with Gasteiger partial charge in [-0.1, -0.05) is 0 Å². The van der Waals surface area contributed by atoms with Gasteiger partial charge < -0.3 is 63.2 Å². The molecular weight excluding hydrogens is 528 g/mol. The fraction of sp³-hybridized carbons (Fsp3) is 0.733. The van der Waals surface area contributed by atoms with Gasteiger partial charge in [-0.2, -0.15) is 0 Å². The van der Waals surface area contributed by atoms with Crippen LogP contribution in [0.25, 0.3) is 0 Å².